The van der Waals surface area contributed by atoms with Gasteiger partial charge in [-0.1, -0.05) is 6.92 Å². The summed E-state index contributed by atoms with van der Waals surface area (Å²) < 4.78 is 2.33. The molecular weight excluding hydrogens is 224 g/mol. The van der Waals surface area contributed by atoms with Gasteiger partial charge in [0, 0.05) is 25.7 Å². The van der Waals surface area contributed by atoms with E-state index in [2.05, 4.69) is 32.4 Å². The zero-order valence-corrected chi connectivity index (χ0v) is 11.0. The van der Waals surface area contributed by atoms with Gasteiger partial charge in [-0.05, 0) is 38.1 Å². The Balaban J connectivity index is 1.84. The van der Waals surface area contributed by atoms with Gasteiger partial charge in [-0.3, -0.25) is 0 Å². The largest absolute Gasteiger partial charge is 0.325 e. The molecule has 1 fully saturated rings. The van der Waals surface area contributed by atoms with Gasteiger partial charge in [-0.2, -0.15) is 0 Å². The molecule has 3 rings (SSSR count). The fourth-order valence-corrected chi connectivity index (χ4v) is 2.77. The van der Waals surface area contributed by atoms with E-state index in [9.17, 15) is 0 Å². The summed E-state index contributed by atoms with van der Waals surface area (Å²) in [5.41, 5.74) is 2.06. The molecule has 1 aliphatic heterocycles. The van der Waals surface area contributed by atoms with Crippen molar-refractivity contribution in [3.05, 3.63) is 24.2 Å². The predicted octanol–water partition coefficient (Wildman–Crippen LogP) is 2.09. The molecule has 0 saturated carbocycles. The molecule has 0 amide bonds. The van der Waals surface area contributed by atoms with E-state index in [1.165, 1.54) is 31.4 Å². The molecule has 0 bridgehead atoms. The second-order valence-electron chi connectivity index (χ2n) is 4.93. The van der Waals surface area contributed by atoms with Crippen molar-refractivity contribution < 1.29 is 0 Å². The van der Waals surface area contributed by atoms with Crippen LogP contribution in [0.1, 0.15) is 25.6 Å². The van der Waals surface area contributed by atoms with E-state index in [1.807, 2.05) is 12.3 Å². The van der Waals surface area contributed by atoms with Crippen LogP contribution < -0.4 is 0 Å². The van der Waals surface area contributed by atoms with E-state index in [-0.39, 0.29) is 0 Å². The van der Waals surface area contributed by atoms with Crippen molar-refractivity contribution in [2.75, 3.05) is 19.6 Å². The van der Waals surface area contributed by atoms with E-state index in [0.717, 1.165) is 31.0 Å². The van der Waals surface area contributed by atoms with Crippen LogP contribution in [-0.2, 0) is 13.0 Å². The minimum Gasteiger partial charge on any atom is -0.325 e. The molecule has 4 heteroatoms. The summed E-state index contributed by atoms with van der Waals surface area (Å²) >= 11 is 0. The van der Waals surface area contributed by atoms with Crippen molar-refractivity contribution in [1.29, 1.82) is 0 Å². The maximum Gasteiger partial charge on any atom is 0.177 e. The molecule has 0 radical (unpaired) electrons. The van der Waals surface area contributed by atoms with E-state index < -0.39 is 0 Å². The number of fused-ring (bicyclic) bond motifs is 1. The molecule has 0 N–H and O–H groups in total. The van der Waals surface area contributed by atoms with Gasteiger partial charge in [0.2, 0.25) is 0 Å². The topological polar surface area (TPSA) is 34.0 Å². The molecule has 0 atom stereocenters. The first-order valence-electron chi connectivity index (χ1n) is 6.91. The highest BCUT2D eigenvalue weighted by Crippen LogP contribution is 2.15. The SMILES string of the molecule is CCc1nc2ncccc2n1CCN1CCCC1. The van der Waals surface area contributed by atoms with Gasteiger partial charge in [0.15, 0.2) is 5.65 Å². The first-order valence-corrected chi connectivity index (χ1v) is 6.91. The lowest BCUT2D eigenvalue weighted by atomic mass is 10.4. The van der Waals surface area contributed by atoms with Crippen LogP contribution in [0.15, 0.2) is 18.3 Å². The van der Waals surface area contributed by atoms with Crippen LogP contribution in [0, 0.1) is 0 Å². The highest BCUT2D eigenvalue weighted by molar-refractivity contribution is 5.71. The van der Waals surface area contributed by atoms with Gasteiger partial charge < -0.3 is 9.47 Å². The van der Waals surface area contributed by atoms with Gasteiger partial charge in [0.25, 0.3) is 0 Å². The number of imidazole rings is 1. The van der Waals surface area contributed by atoms with Crippen LogP contribution in [-0.4, -0.2) is 39.1 Å². The van der Waals surface area contributed by atoms with Crippen molar-refractivity contribution in [3.8, 4) is 0 Å². The lowest BCUT2D eigenvalue weighted by molar-refractivity contribution is 0.322. The average Bonchev–Trinajstić information content (AvgIpc) is 3.03. The number of rotatable bonds is 4. The Kier molecular flexibility index (Phi) is 3.28. The summed E-state index contributed by atoms with van der Waals surface area (Å²) in [6.45, 7) is 6.84. The smallest absolute Gasteiger partial charge is 0.177 e. The van der Waals surface area contributed by atoms with Crippen molar-refractivity contribution in [2.45, 2.75) is 32.7 Å². The molecule has 2 aromatic rings. The van der Waals surface area contributed by atoms with Gasteiger partial charge in [0.05, 0.1) is 5.52 Å². The molecule has 0 aliphatic carbocycles. The van der Waals surface area contributed by atoms with E-state index in [4.69, 9.17) is 0 Å². The van der Waals surface area contributed by atoms with Crippen LogP contribution in [0.5, 0.6) is 0 Å². The molecular formula is C14H20N4. The molecule has 0 spiro atoms. The van der Waals surface area contributed by atoms with Crippen molar-refractivity contribution in [2.24, 2.45) is 0 Å². The Hall–Kier alpha value is -1.42. The minimum atomic E-state index is 0.885. The van der Waals surface area contributed by atoms with Crippen molar-refractivity contribution in [3.63, 3.8) is 0 Å². The van der Waals surface area contributed by atoms with E-state index in [1.54, 1.807) is 0 Å². The number of hydrogen-bond acceptors (Lipinski definition) is 3. The Labute approximate surface area is 108 Å². The summed E-state index contributed by atoms with van der Waals surface area (Å²) in [7, 11) is 0. The van der Waals surface area contributed by atoms with Crippen LogP contribution in [0.2, 0.25) is 0 Å². The zero-order valence-electron chi connectivity index (χ0n) is 11.0. The lowest BCUT2D eigenvalue weighted by Gasteiger charge is -2.16. The number of aromatic nitrogens is 3. The second kappa shape index (κ2) is 5.06. The van der Waals surface area contributed by atoms with Gasteiger partial charge in [-0.25, -0.2) is 9.97 Å². The van der Waals surface area contributed by atoms with Gasteiger partial charge >= 0.3 is 0 Å². The molecule has 1 saturated heterocycles. The number of pyridine rings is 1. The van der Waals surface area contributed by atoms with Crippen molar-refractivity contribution >= 4 is 11.2 Å². The molecule has 2 aromatic heterocycles. The summed E-state index contributed by atoms with van der Waals surface area (Å²) in [5.74, 6) is 1.16. The molecule has 96 valence electrons. The summed E-state index contributed by atoms with van der Waals surface area (Å²) in [4.78, 5) is 11.5. The predicted molar refractivity (Wildman–Crippen MR) is 72.6 cm³/mol. The Morgan fingerprint density at radius 3 is 2.83 bits per heavy atom. The minimum absolute atomic E-state index is 0.885. The molecule has 3 heterocycles. The van der Waals surface area contributed by atoms with E-state index in [0.29, 0.717) is 0 Å². The first kappa shape index (κ1) is 11.7. The third-order valence-corrected chi connectivity index (χ3v) is 3.76. The van der Waals surface area contributed by atoms with Crippen molar-refractivity contribution in [1.82, 2.24) is 19.4 Å². The maximum atomic E-state index is 4.61. The number of likely N-dealkylation sites (tertiary alicyclic amines) is 1. The third kappa shape index (κ3) is 2.12. The van der Waals surface area contributed by atoms with Gasteiger partial charge in [0.1, 0.15) is 5.82 Å². The Morgan fingerprint density at radius 1 is 1.22 bits per heavy atom. The Bertz CT molecular complexity index is 526. The summed E-state index contributed by atoms with van der Waals surface area (Å²) in [6.07, 6.45) is 5.50. The highest BCUT2D eigenvalue weighted by Gasteiger charge is 2.14. The number of nitrogens with zero attached hydrogens (tertiary/aromatic N) is 4. The fraction of sp³-hybridized carbons (Fsp3) is 0.571. The molecule has 18 heavy (non-hydrogen) atoms. The highest BCUT2D eigenvalue weighted by atomic mass is 15.2. The standard InChI is InChI=1S/C14H20N4/c1-2-13-16-14-12(6-5-7-15-14)18(13)11-10-17-8-3-4-9-17/h5-7H,2-4,8-11H2,1H3. The summed E-state index contributed by atoms with van der Waals surface area (Å²) in [5, 5.41) is 0. The third-order valence-electron chi connectivity index (χ3n) is 3.76. The number of aryl methyl sites for hydroxylation is 1. The lowest BCUT2D eigenvalue weighted by Crippen LogP contribution is -2.24. The monoisotopic (exact) mass is 244 g/mol. The fourth-order valence-electron chi connectivity index (χ4n) is 2.77. The molecule has 4 nitrogen and oxygen atoms in total. The molecule has 0 unspecified atom stereocenters. The molecule has 1 aliphatic rings. The summed E-state index contributed by atoms with van der Waals surface area (Å²) in [6, 6.07) is 4.12. The van der Waals surface area contributed by atoms with Crippen LogP contribution in [0.25, 0.3) is 11.2 Å². The zero-order chi connectivity index (χ0) is 12.4. The average molecular weight is 244 g/mol. The normalized spacial score (nSPS) is 16.7. The van der Waals surface area contributed by atoms with Gasteiger partial charge in [-0.15, -0.1) is 0 Å². The maximum absolute atomic E-state index is 4.61. The van der Waals surface area contributed by atoms with E-state index >= 15 is 0 Å². The Morgan fingerprint density at radius 2 is 2.06 bits per heavy atom. The molecule has 0 aromatic carbocycles. The quantitative estimate of drug-likeness (QED) is 0.826. The van der Waals surface area contributed by atoms with Crippen LogP contribution in [0.3, 0.4) is 0 Å². The first-order chi connectivity index (χ1) is 8.88. The van der Waals surface area contributed by atoms with Crippen LogP contribution >= 0.6 is 0 Å². The van der Waals surface area contributed by atoms with Crippen LogP contribution in [0.4, 0.5) is 0 Å². The second-order valence-corrected chi connectivity index (χ2v) is 4.93. The number of hydrogen-bond donors (Lipinski definition) is 0.